The Morgan fingerprint density at radius 2 is 1.59 bits per heavy atom. The van der Waals surface area contributed by atoms with E-state index >= 15 is 0 Å². The summed E-state index contributed by atoms with van der Waals surface area (Å²) in [6.45, 7) is 8.72. The molecule has 0 fully saturated rings. The molecular weight excluding hydrogens is 268 g/mol. The summed E-state index contributed by atoms with van der Waals surface area (Å²) in [7, 11) is 0. The Bertz CT molecular complexity index is 796. The predicted octanol–water partition coefficient (Wildman–Crippen LogP) is 5.58. The highest BCUT2D eigenvalue weighted by Gasteiger charge is 2.13. The van der Waals surface area contributed by atoms with Gasteiger partial charge in [-0.05, 0) is 42.2 Å². The Morgan fingerprint density at radius 3 is 2.27 bits per heavy atom. The number of rotatable bonds is 2. The number of fused-ring (bicyclic) bond motifs is 1. The molecule has 0 saturated heterocycles. The van der Waals surface area contributed by atoms with Crippen molar-refractivity contribution in [3.63, 3.8) is 0 Å². The van der Waals surface area contributed by atoms with Gasteiger partial charge < -0.3 is 5.32 Å². The number of hydrogen-bond donors (Lipinski definition) is 1. The Labute approximate surface area is 132 Å². The Morgan fingerprint density at radius 1 is 0.909 bits per heavy atom. The van der Waals surface area contributed by atoms with E-state index in [1.54, 1.807) is 0 Å². The number of aromatic nitrogens is 1. The minimum atomic E-state index is 0.179. The zero-order valence-corrected chi connectivity index (χ0v) is 13.6. The van der Waals surface area contributed by atoms with E-state index in [1.807, 2.05) is 19.1 Å². The molecule has 0 aliphatic rings. The minimum Gasteiger partial charge on any atom is -0.355 e. The largest absolute Gasteiger partial charge is 0.355 e. The predicted molar refractivity (Wildman–Crippen MR) is 94.9 cm³/mol. The highest BCUT2D eigenvalue weighted by atomic mass is 14.9. The van der Waals surface area contributed by atoms with Crippen LogP contribution in [0.3, 0.4) is 0 Å². The number of nitrogens with zero attached hydrogens (tertiary/aromatic N) is 1. The number of pyridine rings is 1. The van der Waals surface area contributed by atoms with Crippen LogP contribution >= 0.6 is 0 Å². The molecule has 3 aromatic rings. The molecule has 0 unspecified atom stereocenters. The standard InChI is InChI=1S/C20H22N2/c1-14-13-19(17-7-5-6-8-18(17)21-14)22-16-11-9-15(10-12-16)20(2,3)4/h5-13H,1-4H3,(H,21,22). The highest BCUT2D eigenvalue weighted by molar-refractivity contribution is 5.93. The van der Waals surface area contributed by atoms with Crippen LogP contribution in [-0.4, -0.2) is 4.98 Å². The molecule has 22 heavy (non-hydrogen) atoms. The fourth-order valence-electron chi connectivity index (χ4n) is 2.62. The summed E-state index contributed by atoms with van der Waals surface area (Å²) < 4.78 is 0. The van der Waals surface area contributed by atoms with Gasteiger partial charge in [-0.25, -0.2) is 0 Å². The number of hydrogen-bond acceptors (Lipinski definition) is 2. The van der Waals surface area contributed by atoms with Crippen LogP contribution in [0.4, 0.5) is 11.4 Å². The van der Waals surface area contributed by atoms with Gasteiger partial charge in [-0.3, -0.25) is 4.98 Å². The molecule has 2 heteroatoms. The summed E-state index contributed by atoms with van der Waals surface area (Å²) >= 11 is 0. The third-order valence-corrected chi connectivity index (χ3v) is 3.87. The summed E-state index contributed by atoms with van der Waals surface area (Å²) in [6.07, 6.45) is 0. The number of anilines is 2. The van der Waals surface area contributed by atoms with Gasteiger partial charge in [0.2, 0.25) is 0 Å². The van der Waals surface area contributed by atoms with Crippen LogP contribution in [0.1, 0.15) is 32.0 Å². The SMILES string of the molecule is Cc1cc(Nc2ccc(C(C)(C)C)cc2)c2ccccc2n1. The summed E-state index contributed by atoms with van der Waals surface area (Å²) in [5, 5.41) is 4.67. The van der Waals surface area contributed by atoms with Crippen molar-refractivity contribution < 1.29 is 0 Å². The van der Waals surface area contributed by atoms with Crippen LogP contribution in [0, 0.1) is 6.92 Å². The van der Waals surface area contributed by atoms with Crippen LogP contribution in [0.25, 0.3) is 10.9 Å². The van der Waals surface area contributed by atoms with Crippen LogP contribution in [-0.2, 0) is 5.41 Å². The van der Waals surface area contributed by atoms with Crippen molar-refractivity contribution >= 4 is 22.3 Å². The second-order valence-corrected chi connectivity index (χ2v) is 6.78. The van der Waals surface area contributed by atoms with Crippen LogP contribution in [0.2, 0.25) is 0 Å². The average Bonchev–Trinajstić information content (AvgIpc) is 2.46. The second kappa shape index (κ2) is 5.45. The molecule has 112 valence electrons. The first-order chi connectivity index (χ1) is 10.4. The third kappa shape index (κ3) is 2.96. The smallest absolute Gasteiger partial charge is 0.0726 e. The van der Waals surface area contributed by atoms with Crippen LogP contribution in [0.5, 0.6) is 0 Å². The minimum absolute atomic E-state index is 0.179. The number of para-hydroxylation sites is 1. The maximum absolute atomic E-state index is 4.58. The number of nitrogens with one attached hydrogen (secondary N) is 1. The first-order valence-corrected chi connectivity index (χ1v) is 7.67. The van der Waals surface area contributed by atoms with Gasteiger partial charge in [0, 0.05) is 22.5 Å². The van der Waals surface area contributed by atoms with Crippen molar-refractivity contribution in [2.24, 2.45) is 0 Å². The molecule has 0 amide bonds. The van der Waals surface area contributed by atoms with Gasteiger partial charge in [0.25, 0.3) is 0 Å². The zero-order valence-electron chi connectivity index (χ0n) is 13.6. The molecule has 0 saturated carbocycles. The molecule has 0 bridgehead atoms. The lowest BCUT2D eigenvalue weighted by atomic mass is 9.87. The number of aryl methyl sites for hydroxylation is 1. The van der Waals surface area contributed by atoms with Crippen molar-refractivity contribution in [2.75, 3.05) is 5.32 Å². The fourth-order valence-corrected chi connectivity index (χ4v) is 2.62. The summed E-state index contributed by atoms with van der Waals surface area (Å²) in [4.78, 5) is 4.58. The molecule has 1 heterocycles. The van der Waals surface area contributed by atoms with Gasteiger partial charge in [0.05, 0.1) is 5.52 Å². The molecule has 1 N–H and O–H groups in total. The molecule has 2 aromatic carbocycles. The quantitative estimate of drug-likeness (QED) is 0.666. The lowest BCUT2D eigenvalue weighted by molar-refractivity contribution is 0.590. The Balaban J connectivity index is 1.96. The zero-order chi connectivity index (χ0) is 15.7. The van der Waals surface area contributed by atoms with Crippen LogP contribution < -0.4 is 5.32 Å². The molecule has 0 atom stereocenters. The summed E-state index contributed by atoms with van der Waals surface area (Å²) in [5.41, 5.74) is 5.77. The van der Waals surface area contributed by atoms with Crippen molar-refractivity contribution in [1.82, 2.24) is 4.98 Å². The first-order valence-electron chi connectivity index (χ1n) is 7.67. The van der Waals surface area contributed by atoms with Gasteiger partial charge in [-0.15, -0.1) is 0 Å². The molecule has 1 aromatic heterocycles. The van der Waals surface area contributed by atoms with E-state index in [2.05, 4.69) is 73.5 Å². The highest BCUT2D eigenvalue weighted by Crippen LogP contribution is 2.28. The van der Waals surface area contributed by atoms with E-state index < -0.39 is 0 Å². The van der Waals surface area contributed by atoms with Crippen molar-refractivity contribution in [1.29, 1.82) is 0 Å². The Kier molecular flexibility index (Phi) is 3.61. The normalized spacial score (nSPS) is 11.6. The average molecular weight is 290 g/mol. The maximum atomic E-state index is 4.58. The first kappa shape index (κ1) is 14.6. The van der Waals surface area contributed by atoms with E-state index in [-0.39, 0.29) is 5.41 Å². The summed E-state index contributed by atoms with van der Waals surface area (Å²) in [5.74, 6) is 0. The monoisotopic (exact) mass is 290 g/mol. The van der Waals surface area contributed by atoms with E-state index in [4.69, 9.17) is 0 Å². The number of benzene rings is 2. The molecule has 3 rings (SSSR count). The van der Waals surface area contributed by atoms with Crippen molar-refractivity contribution in [3.05, 3.63) is 65.9 Å². The molecule has 0 aliphatic carbocycles. The molecule has 0 spiro atoms. The maximum Gasteiger partial charge on any atom is 0.0726 e. The Hall–Kier alpha value is -2.35. The molecular formula is C20H22N2. The molecule has 0 aliphatic heterocycles. The molecule has 2 nitrogen and oxygen atoms in total. The van der Waals surface area contributed by atoms with Crippen molar-refractivity contribution in [2.45, 2.75) is 33.1 Å². The van der Waals surface area contributed by atoms with E-state index in [1.165, 1.54) is 5.56 Å². The van der Waals surface area contributed by atoms with Gasteiger partial charge in [0.15, 0.2) is 0 Å². The molecule has 0 radical (unpaired) electrons. The lowest BCUT2D eigenvalue weighted by Crippen LogP contribution is -2.10. The van der Waals surface area contributed by atoms with Crippen molar-refractivity contribution in [3.8, 4) is 0 Å². The summed E-state index contributed by atoms with van der Waals surface area (Å²) in [6, 6.07) is 19.0. The van der Waals surface area contributed by atoms with Gasteiger partial charge in [-0.1, -0.05) is 51.1 Å². The van der Waals surface area contributed by atoms with E-state index in [0.717, 1.165) is 28.0 Å². The van der Waals surface area contributed by atoms with Gasteiger partial charge >= 0.3 is 0 Å². The third-order valence-electron chi connectivity index (χ3n) is 3.87. The van der Waals surface area contributed by atoms with E-state index in [0.29, 0.717) is 0 Å². The van der Waals surface area contributed by atoms with Gasteiger partial charge in [-0.2, -0.15) is 0 Å². The second-order valence-electron chi connectivity index (χ2n) is 6.78. The van der Waals surface area contributed by atoms with E-state index in [9.17, 15) is 0 Å². The topological polar surface area (TPSA) is 24.9 Å². The van der Waals surface area contributed by atoms with Gasteiger partial charge in [0.1, 0.15) is 0 Å². The van der Waals surface area contributed by atoms with Crippen LogP contribution in [0.15, 0.2) is 54.6 Å². The fraction of sp³-hybridized carbons (Fsp3) is 0.250. The lowest BCUT2D eigenvalue weighted by Gasteiger charge is -2.19.